The second kappa shape index (κ2) is 5.03. The molecule has 1 aliphatic rings. The number of nitrogens with zero attached hydrogens (tertiary/aromatic N) is 3. The maximum atomic E-state index is 11.8. The first-order valence-corrected chi connectivity index (χ1v) is 5.76. The molecule has 2 rings (SSSR count). The van der Waals surface area contributed by atoms with Crippen LogP contribution in [-0.4, -0.2) is 53.5 Å². The molecule has 1 N–H and O–H groups in total. The third-order valence-corrected chi connectivity index (χ3v) is 3.04. The van der Waals surface area contributed by atoms with E-state index in [4.69, 9.17) is 5.11 Å². The number of carboxylic acids is 1. The van der Waals surface area contributed by atoms with Gasteiger partial charge in [0.1, 0.15) is 5.56 Å². The number of carbonyl (C=O) groups is 2. The molecule has 0 atom stereocenters. The Labute approximate surface area is 105 Å². The second-order valence-electron chi connectivity index (χ2n) is 4.29. The number of carbonyl (C=O) groups excluding carboxylic acids is 1. The zero-order valence-corrected chi connectivity index (χ0v) is 10.2. The molecule has 0 saturated carbocycles. The van der Waals surface area contributed by atoms with Gasteiger partial charge in [0.15, 0.2) is 0 Å². The van der Waals surface area contributed by atoms with Gasteiger partial charge in [0, 0.05) is 32.5 Å². The zero-order chi connectivity index (χ0) is 13.1. The van der Waals surface area contributed by atoms with Crippen molar-refractivity contribution in [2.45, 2.75) is 6.42 Å². The Kier molecular flexibility index (Phi) is 3.45. The molecule has 18 heavy (non-hydrogen) atoms. The molecule has 96 valence electrons. The van der Waals surface area contributed by atoms with Crippen LogP contribution < -0.4 is 4.90 Å². The number of aromatic carboxylic acids is 1. The van der Waals surface area contributed by atoms with Crippen LogP contribution >= 0.6 is 0 Å². The molecule has 1 aliphatic heterocycles. The summed E-state index contributed by atoms with van der Waals surface area (Å²) >= 11 is 0. The van der Waals surface area contributed by atoms with Crippen LogP contribution in [0.25, 0.3) is 0 Å². The molecular formula is C12H15N3O3. The lowest BCUT2D eigenvalue weighted by molar-refractivity contribution is -0.127. The fourth-order valence-electron chi connectivity index (χ4n) is 2.02. The normalized spacial score (nSPS) is 16.6. The maximum Gasteiger partial charge on any atom is 0.339 e. The van der Waals surface area contributed by atoms with Crippen molar-refractivity contribution >= 4 is 17.6 Å². The molecule has 0 aliphatic carbocycles. The van der Waals surface area contributed by atoms with Crippen LogP contribution in [-0.2, 0) is 4.79 Å². The highest BCUT2D eigenvalue weighted by Crippen LogP contribution is 2.21. The Morgan fingerprint density at radius 1 is 1.44 bits per heavy atom. The van der Waals surface area contributed by atoms with Crippen LogP contribution in [0, 0.1) is 0 Å². The number of hydrogen-bond acceptors (Lipinski definition) is 4. The number of anilines is 1. The summed E-state index contributed by atoms with van der Waals surface area (Å²) in [6.45, 7) is 1.57. The molecular weight excluding hydrogens is 234 g/mol. The van der Waals surface area contributed by atoms with Crippen LogP contribution in [0.2, 0.25) is 0 Å². The van der Waals surface area contributed by atoms with Gasteiger partial charge in [0.25, 0.3) is 0 Å². The zero-order valence-electron chi connectivity index (χ0n) is 10.2. The maximum absolute atomic E-state index is 11.8. The number of aromatic nitrogens is 1. The third kappa shape index (κ3) is 2.42. The lowest BCUT2D eigenvalue weighted by Gasteiger charge is -2.23. The number of amides is 1. The van der Waals surface area contributed by atoms with Gasteiger partial charge < -0.3 is 14.9 Å². The summed E-state index contributed by atoms with van der Waals surface area (Å²) in [6, 6.07) is 1.64. The van der Waals surface area contributed by atoms with Crippen molar-refractivity contribution in [1.29, 1.82) is 0 Å². The standard InChI is InChI=1S/C12H15N3O3/c1-14-5-2-6-15(8-11(14)16)10-3-4-13-7-9(10)12(17)18/h3-4,7H,2,5-6,8H2,1H3,(H,17,18). The van der Waals surface area contributed by atoms with Crippen molar-refractivity contribution < 1.29 is 14.7 Å². The van der Waals surface area contributed by atoms with Crippen molar-refractivity contribution in [3.8, 4) is 0 Å². The summed E-state index contributed by atoms with van der Waals surface area (Å²) in [6.07, 6.45) is 3.68. The fourth-order valence-corrected chi connectivity index (χ4v) is 2.02. The van der Waals surface area contributed by atoms with Crippen molar-refractivity contribution in [3.05, 3.63) is 24.0 Å². The SMILES string of the molecule is CN1CCCN(c2ccncc2C(=O)O)CC1=O. The van der Waals surface area contributed by atoms with E-state index in [-0.39, 0.29) is 18.0 Å². The molecule has 1 aromatic rings. The highest BCUT2D eigenvalue weighted by atomic mass is 16.4. The van der Waals surface area contributed by atoms with Gasteiger partial charge in [-0.2, -0.15) is 0 Å². The average Bonchev–Trinajstić information content (AvgIpc) is 2.52. The molecule has 1 amide bonds. The Morgan fingerprint density at radius 3 is 2.94 bits per heavy atom. The Balaban J connectivity index is 2.31. The van der Waals surface area contributed by atoms with Crippen molar-refractivity contribution in [2.75, 3.05) is 31.6 Å². The monoisotopic (exact) mass is 249 g/mol. The molecule has 0 bridgehead atoms. The van der Waals surface area contributed by atoms with E-state index in [1.807, 2.05) is 0 Å². The number of carboxylic acid groups (broad SMARTS) is 1. The van der Waals surface area contributed by atoms with Gasteiger partial charge >= 0.3 is 5.97 Å². The molecule has 2 heterocycles. The summed E-state index contributed by atoms with van der Waals surface area (Å²) in [5, 5.41) is 9.12. The van der Waals surface area contributed by atoms with E-state index in [0.717, 1.165) is 6.42 Å². The molecule has 0 unspecified atom stereocenters. The number of pyridine rings is 1. The minimum atomic E-state index is -1.02. The summed E-state index contributed by atoms with van der Waals surface area (Å²) in [5.41, 5.74) is 0.691. The third-order valence-electron chi connectivity index (χ3n) is 3.04. The summed E-state index contributed by atoms with van der Waals surface area (Å²) < 4.78 is 0. The van der Waals surface area contributed by atoms with Crippen LogP contribution in [0.5, 0.6) is 0 Å². The molecule has 1 fully saturated rings. The van der Waals surface area contributed by atoms with Crippen molar-refractivity contribution in [3.63, 3.8) is 0 Å². The lowest BCUT2D eigenvalue weighted by Crippen LogP contribution is -2.35. The van der Waals surface area contributed by atoms with E-state index in [0.29, 0.717) is 18.8 Å². The molecule has 0 aromatic carbocycles. The Bertz CT molecular complexity index is 475. The van der Waals surface area contributed by atoms with Gasteiger partial charge in [0.05, 0.1) is 12.2 Å². The van der Waals surface area contributed by atoms with E-state index in [1.165, 1.54) is 6.20 Å². The largest absolute Gasteiger partial charge is 0.478 e. The lowest BCUT2D eigenvalue weighted by atomic mass is 10.2. The van der Waals surface area contributed by atoms with Crippen LogP contribution in [0.3, 0.4) is 0 Å². The van der Waals surface area contributed by atoms with Gasteiger partial charge in [-0.05, 0) is 12.5 Å². The molecule has 0 radical (unpaired) electrons. The van der Waals surface area contributed by atoms with Gasteiger partial charge in [-0.1, -0.05) is 0 Å². The molecule has 1 saturated heterocycles. The van der Waals surface area contributed by atoms with E-state index in [9.17, 15) is 9.59 Å². The van der Waals surface area contributed by atoms with E-state index >= 15 is 0 Å². The van der Waals surface area contributed by atoms with Crippen LogP contribution in [0.4, 0.5) is 5.69 Å². The van der Waals surface area contributed by atoms with Crippen LogP contribution in [0.1, 0.15) is 16.8 Å². The Hall–Kier alpha value is -2.11. The first kappa shape index (κ1) is 12.3. The quantitative estimate of drug-likeness (QED) is 0.823. The summed E-state index contributed by atoms with van der Waals surface area (Å²) in [4.78, 5) is 30.2. The van der Waals surface area contributed by atoms with Gasteiger partial charge in [-0.25, -0.2) is 4.79 Å². The number of rotatable bonds is 2. The Morgan fingerprint density at radius 2 is 2.22 bits per heavy atom. The van der Waals surface area contributed by atoms with Gasteiger partial charge in [-0.15, -0.1) is 0 Å². The van der Waals surface area contributed by atoms with Gasteiger partial charge in [-0.3, -0.25) is 9.78 Å². The van der Waals surface area contributed by atoms with Crippen molar-refractivity contribution in [1.82, 2.24) is 9.88 Å². The molecule has 1 aromatic heterocycles. The fraction of sp³-hybridized carbons (Fsp3) is 0.417. The molecule has 6 heteroatoms. The minimum Gasteiger partial charge on any atom is -0.478 e. The first-order chi connectivity index (χ1) is 8.59. The first-order valence-electron chi connectivity index (χ1n) is 5.76. The predicted molar refractivity (Wildman–Crippen MR) is 65.7 cm³/mol. The highest BCUT2D eigenvalue weighted by Gasteiger charge is 2.22. The average molecular weight is 249 g/mol. The minimum absolute atomic E-state index is 0.000603. The van der Waals surface area contributed by atoms with E-state index < -0.39 is 5.97 Å². The second-order valence-corrected chi connectivity index (χ2v) is 4.29. The smallest absolute Gasteiger partial charge is 0.339 e. The number of hydrogen-bond donors (Lipinski definition) is 1. The molecule has 6 nitrogen and oxygen atoms in total. The highest BCUT2D eigenvalue weighted by molar-refractivity contribution is 5.95. The summed E-state index contributed by atoms with van der Waals surface area (Å²) in [5.74, 6) is -1.02. The summed E-state index contributed by atoms with van der Waals surface area (Å²) in [7, 11) is 1.76. The topological polar surface area (TPSA) is 73.7 Å². The predicted octanol–water partition coefficient (Wildman–Crippen LogP) is 0.448. The van der Waals surface area contributed by atoms with Crippen molar-refractivity contribution in [2.24, 2.45) is 0 Å². The van der Waals surface area contributed by atoms with E-state index in [1.54, 1.807) is 29.1 Å². The van der Waals surface area contributed by atoms with Crippen LogP contribution in [0.15, 0.2) is 18.5 Å². The number of likely N-dealkylation sites (N-methyl/N-ethyl adjacent to an activating group) is 1. The van der Waals surface area contributed by atoms with E-state index in [2.05, 4.69) is 4.98 Å². The molecule has 0 spiro atoms. The van der Waals surface area contributed by atoms with Gasteiger partial charge in [0.2, 0.25) is 5.91 Å².